The molecular formula is C13H21N3O3S. The van der Waals surface area contributed by atoms with Crippen LogP contribution in [-0.4, -0.2) is 57.8 Å². The van der Waals surface area contributed by atoms with Crippen LogP contribution in [0.15, 0.2) is 0 Å². The van der Waals surface area contributed by atoms with E-state index in [9.17, 15) is 4.79 Å². The van der Waals surface area contributed by atoms with Crippen molar-refractivity contribution in [3.8, 4) is 5.75 Å². The van der Waals surface area contributed by atoms with Gasteiger partial charge in [-0.25, -0.2) is 4.79 Å². The molecule has 0 amide bonds. The highest BCUT2D eigenvalue weighted by Gasteiger charge is 2.30. The number of carbonyl (C=O) groups excluding carboxylic acids is 1. The van der Waals surface area contributed by atoms with Gasteiger partial charge in [-0.2, -0.15) is 0 Å². The molecule has 6 nitrogen and oxygen atoms in total. The fourth-order valence-electron chi connectivity index (χ4n) is 2.49. The lowest BCUT2D eigenvalue weighted by Crippen LogP contribution is -2.50. The zero-order valence-corrected chi connectivity index (χ0v) is 13.1. The number of likely N-dealkylation sites (N-methyl/N-ethyl adjacent to an activating group) is 1. The maximum atomic E-state index is 11.8. The van der Waals surface area contributed by atoms with Crippen LogP contribution in [0.4, 0.5) is 10.7 Å². The fourth-order valence-corrected chi connectivity index (χ4v) is 3.73. The van der Waals surface area contributed by atoms with Crippen molar-refractivity contribution in [3.63, 3.8) is 0 Å². The van der Waals surface area contributed by atoms with E-state index in [4.69, 9.17) is 15.2 Å². The zero-order valence-electron chi connectivity index (χ0n) is 12.3. The van der Waals surface area contributed by atoms with Gasteiger partial charge in [0.25, 0.3) is 0 Å². The molecule has 0 radical (unpaired) electrons. The number of thiophene rings is 1. The van der Waals surface area contributed by atoms with Crippen LogP contribution in [0.1, 0.15) is 16.6 Å². The Kier molecular flexibility index (Phi) is 4.39. The first-order valence-corrected chi connectivity index (χ1v) is 7.31. The molecule has 0 saturated carbocycles. The van der Waals surface area contributed by atoms with Crippen LogP contribution in [0.5, 0.6) is 5.75 Å². The third-order valence-corrected chi connectivity index (χ3v) is 4.75. The lowest BCUT2D eigenvalue weighted by atomic mass is 10.2. The number of nitrogen functional groups attached to an aromatic ring is 1. The van der Waals surface area contributed by atoms with E-state index >= 15 is 0 Å². The minimum atomic E-state index is -0.418. The Labute approximate surface area is 123 Å². The van der Waals surface area contributed by atoms with Gasteiger partial charge in [0.2, 0.25) is 0 Å². The van der Waals surface area contributed by atoms with E-state index in [1.807, 2.05) is 0 Å². The molecular weight excluding hydrogens is 278 g/mol. The summed E-state index contributed by atoms with van der Waals surface area (Å²) in [5, 5.41) is 0.908. The van der Waals surface area contributed by atoms with Gasteiger partial charge in [0.05, 0.1) is 14.2 Å². The summed E-state index contributed by atoms with van der Waals surface area (Å²) >= 11 is 1.34. The molecule has 1 unspecified atom stereocenters. The van der Waals surface area contributed by atoms with Crippen molar-refractivity contribution in [1.82, 2.24) is 4.90 Å². The average Bonchev–Trinajstić information content (AvgIpc) is 2.74. The largest absolute Gasteiger partial charge is 0.492 e. The SMILES string of the molecule is COC(=O)c1sc(N2CCN(C)CC2C)c(OC)c1N. The predicted octanol–water partition coefficient (Wildman–Crippen LogP) is 1.27. The summed E-state index contributed by atoms with van der Waals surface area (Å²) in [6.45, 7) is 4.98. The van der Waals surface area contributed by atoms with Crippen molar-refractivity contribution in [3.05, 3.63) is 4.88 Å². The van der Waals surface area contributed by atoms with Crippen LogP contribution < -0.4 is 15.4 Å². The molecule has 1 atom stereocenters. The zero-order chi connectivity index (χ0) is 14.9. The molecule has 7 heteroatoms. The van der Waals surface area contributed by atoms with Crippen LogP contribution in [0.25, 0.3) is 0 Å². The van der Waals surface area contributed by atoms with Crippen molar-refractivity contribution < 1.29 is 14.3 Å². The first-order valence-electron chi connectivity index (χ1n) is 6.49. The molecule has 0 spiro atoms. The number of rotatable bonds is 3. The second kappa shape index (κ2) is 5.88. The standard InChI is InChI=1S/C13H21N3O3S/c1-8-7-15(2)5-6-16(8)12-10(18-3)9(14)11(20-12)13(17)19-4/h8H,5-7,14H2,1-4H3. The molecule has 112 valence electrons. The maximum absolute atomic E-state index is 11.8. The number of nitrogens with two attached hydrogens (primary N) is 1. The topological polar surface area (TPSA) is 68.0 Å². The Morgan fingerprint density at radius 3 is 2.65 bits per heavy atom. The second-order valence-electron chi connectivity index (χ2n) is 4.98. The molecule has 1 aromatic rings. The van der Waals surface area contributed by atoms with Gasteiger partial charge in [-0.3, -0.25) is 0 Å². The van der Waals surface area contributed by atoms with E-state index in [2.05, 4.69) is 23.8 Å². The molecule has 0 bridgehead atoms. The fraction of sp³-hybridized carbons (Fsp3) is 0.615. The average molecular weight is 299 g/mol. The van der Waals surface area contributed by atoms with Gasteiger partial charge in [0.15, 0.2) is 5.75 Å². The highest BCUT2D eigenvalue weighted by atomic mass is 32.1. The Morgan fingerprint density at radius 2 is 2.10 bits per heavy atom. The number of anilines is 2. The monoisotopic (exact) mass is 299 g/mol. The minimum Gasteiger partial charge on any atom is -0.492 e. The molecule has 0 aromatic carbocycles. The summed E-state index contributed by atoms with van der Waals surface area (Å²) in [5.74, 6) is 0.158. The van der Waals surface area contributed by atoms with Crippen LogP contribution in [-0.2, 0) is 4.74 Å². The van der Waals surface area contributed by atoms with E-state index in [1.54, 1.807) is 7.11 Å². The summed E-state index contributed by atoms with van der Waals surface area (Å²) in [4.78, 5) is 16.7. The van der Waals surface area contributed by atoms with E-state index < -0.39 is 5.97 Å². The van der Waals surface area contributed by atoms with Gasteiger partial charge >= 0.3 is 5.97 Å². The Morgan fingerprint density at radius 1 is 1.40 bits per heavy atom. The normalized spacial score (nSPS) is 20.0. The quantitative estimate of drug-likeness (QED) is 0.848. The number of carbonyl (C=O) groups is 1. The van der Waals surface area contributed by atoms with Gasteiger partial charge in [-0.15, -0.1) is 11.3 Å². The maximum Gasteiger partial charge on any atom is 0.350 e. The van der Waals surface area contributed by atoms with E-state index in [0.29, 0.717) is 22.4 Å². The van der Waals surface area contributed by atoms with Crippen molar-refractivity contribution in [1.29, 1.82) is 0 Å². The molecule has 1 aliphatic heterocycles. The smallest absolute Gasteiger partial charge is 0.350 e. The number of methoxy groups -OCH3 is 2. The van der Waals surface area contributed by atoms with Gasteiger partial charge in [-0.05, 0) is 14.0 Å². The van der Waals surface area contributed by atoms with Gasteiger partial charge in [0.1, 0.15) is 15.6 Å². The van der Waals surface area contributed by atoms with E-state index in [-0.39, 0.29) is 0 Å². The first kappa shape index (κ1) is 14.9. The molecule has 1 saturated heterocycles. The summed E-state index contributed by atoms with van der Waals surface area (Å²) in [7, 11) is 5.03. The van der Waals surface area contributed by atoms with Crippen LogP contribution >= 0.6 is 11.3 Å². The third kappa shape index (κ3) is 2.55. The van der Waals surface area contributed by atoms with E-state index in [1.165, 1.54) is 18.4 Å². The lowest BCUT2D eigenvalue weighted by Gasteiger charge is -2.39. The predicted molar refractivity (Wildman–Crippen MR) is 80.9 cm³/mol. The first-order chi connectivity index (χ1) is 9.49. The van der Waals surface area contributed by atoms with Gasteiger partial charge < -0.3 is 25.0 Å². The van der Waals surface area contributed by atoms with Crippen molar-refractivity contribution in [2.75, 3.05) is 51.5 Å². The molecule has 2 heterocycles. The minimum absolute atomic E-state index is 0.339. The number of hydrogen-bond donors (Lipinski definition) is 1. The van der Waals surface area contributed by atoms with Crippen LogP contribution in [0, 0.1) is 0 Å². The summed E-state index contributed by atoms with van der Waals surface area (Å²) in [5.41, 5.74) is 6.38. The molecule has 2 rings (SSSR count). The van der Waals surface area contributed by atoms with Gasteiger partial charge in [0, 0.05) is 25.7 Å². The number of piperazine rings is 1. The Bertz CT molecular complexity index is 503. The summed E-state index contributed by atoms with van der Waals surface area (Å²) < 4.78 is 10.2. The highest BCUT2D eigenvalue weighted by molar-refractivity contribution is 7.19. The van der Waals surface area contributed by atoms with Crippen LogP contribution in [0.2, 0.25) is 0 Å². The Hall–Kier alpha value is -1.47. The third-order valence-electron chi connectivity index (χ3n) is 3.55. The van der Waals surface area contributed by atoms with Crippen molar-refractivity contribution in [2.45, 2.75) is 13.0 Å². The van der Waals surface area contributed by atoms with Crippen molar-refractivity contribution >= 4 is 28.0 Å². The second-order valence-corrected chi connectivity index (χ2v) is 5.98. The number of nitrogens with zero attached hydrogens (tertiary/aromatic N) is 2. The van der Waals surface area contributed by atoms with E-state index in [0.717, 1.165) is 24.6 Å². The molecule has 2 N–H and O–H groups in total. The highest BCUT2D eigenvalue weighted by Crippen LogP contribution is 2.45. The number of hydrogen-bond acceptors (Lipinski definition) is 7. The number of esters is 1. The molecule has 1 aliphatic rings. The Balaban J connectivity index is 2.38. The lowest BCUT2D eigenvalue weighted by molar-refractivity contribution is 0.0607. The molecule has 20 heavy (non-hydrogen) atoms. The molecule has 1 aromatic heterocycles. The summed E-state index contributed by atoms with van der Waals surface area (Å²) in [6, 6.07) is 0.339. The van der Waals surface area contributed by atoms with Gasteiger partial charge in [-0.1, -0.05) is 0 Å². The number of ether oxygens (including phenoxy) is 2. The van der Waals surface area contributed by atoms with Crippen molar-refractivity contribution in [2.24, 2.45) is 0 Å². The molecule has 0 aliphatic carbocycles. The summed E-state index contributed by atoms with van der Waals surface area (Å²) in [6.07, 6.45) is 0. The van der Waals surface area contributed by atoms with Crippen LogP contribution in [0.3, 0.4) is 0 Å². The molecule has 1 fully saturated rings.